The molecule has 1 aliphatic rings. The average molecular weight is 576 g/mol. The topological polar surface area (TPSA) is 95.3 Å². The molecule has 4 aromatic rings. The van der Waals surface area contributed by atoms with Crippen LogP contribution in [0.3, 0.4) is 0 Å². The van der Waals surface area contributed by atoms with Gasteiger partial charge in [-0.3, -0.25) is 14.6 Å². The molecule has 39 heavy (non-hydrogen) atoms. The molecule has 0 bridgehead atoms. The minimum Gasteiger partial charge on any atom is -0.360 e. The maximum Gasteiger partial charge on any atom is 0.417 e. The highest BCUT2D eigenvalue weighted by Crippen LogP contribution is 2.45. The Bertz CT molecular complexity index is 1670. The quantitative estimate of drug-likeness (QED) is 0.222. The number of hydrogen-bond donors (Lipinski definition) is 2. The molecule has 0 saturated carbocycles. The molecule has 1 aliphatic heterocycles. The van der Waals surface area contributed by atoms with E-state index in [1.165, 1.54) is 0 Å². The van der Waals surface area contributed by atoms with Gasteiger partial charge in [0.05, 0.1) is 39.0 Å². The number of fused-ring (bicyclic) bond motifs is 2. The first kappa shape index (κ1) is 27.0. The summed E-state index contributed by atoms with van der Waals surface area (Å²) in [5.41, 5.74) is -2.04. The number of carbonyl (C=O) groups is 1. The second kappa shape index (κ2) is 10.6. The summed E-state index contributed by atoms with van der Waals surface area (Å²) in [4.78, 5) is 43.5. The number of aromatic nitrogens is 2. The Morgan fingerprint density at radius 2 is 1.74 bits per heavy atom. The third-order valence-electron chi connectivity index (χ3n) is 6.46. The molecule has 0 radical (unpaired) electrons. The molecule has 1 aromatic heterocycles. The van der Waals surface area contributed by atoms with Gasteiger partial charge in [0.15, 0.2) is 0 Å². The van der Waals surface area contributed by atoms with Crippen molar-refractivity contribution in [2.45, 2.75) is 42.6 Å². The van der Waals surface area contributed by atoms with E-state index in [-0.39, 0.29) is 34.9 Å². The molecule has 0 fully saturated rings. The molecule has 3 aromatic carbocycles. The van der Waals surface area contributed by atoms with Crippen molar-refractivity contribution in [1.82, 2.24) is 14.9 Å². The van der Waals surface area contributed by atoms with Crippen molar-refractivity contribution in [3.63, 3.8) is 0 Å². The van der Waals surface area contributed by atoms with E-state index in [1.54, 1.807) is 24.0 Å². The first-order valence-corrected chi connectivity index (χ1v) is 13.1. The monoisotopic (exact) mass is 575 g/mol. The number of rotatable bonds is 7. The van der Waals surface area contributed by atoms with Crippen molar-refractivity contribution in [1.29, 1.82) is 0 Å². The van der Waals surface area contributed by atoms with Crippen LogP contribution in [0, 0.1) is 0 Å². The third kappa shape index (κ3) is 5.34. The molecular weight excluding hydrogens is 555 g/mol. The Kier molecular flexibility index (Phi) is 7.32. The van der Waals surface area contributed by atoms with E-state index >= 15 is 0 Å². The van der Waals surface area contributed by atoms with E-state index in [0.29, 0.717) is 11.6 Å². The van der Waals surface area contributed by atoms with E-state index in [2.05, 4.69) is 4.98 Å². The third-order valence-corrected chi connectivity index (χ3v) is 8.37. The highest BCUT2D eigenvalue weighted by atomic mass is 35.5. The van der Waals surface area contributed by atoms with Crippen LogP contribution in [0.2, 0.25) is 5.02 Å². The van der Waals surface area contributed by atoms with Crippen LogP contribution < -0.4 is 11.2 Å². The van der Waals surface area contributed by atoms with E-state index in [4.69, 9.17) is 16.3 Å². The Balaban J connectivity index is 1.59. The molecule has 1 amide bonds. The summed E-state index contributed by atoms with van der Waals surface area (Å²) in [5.74, 6) is -0.239. The molecule has 0 aliphatic carbocycles. The molecule has 2 atom stereocenters. The van der Waals surface area contributed by atoms with Gasteiger partial charge >= 0.3 is 11.9 Å². The minimum absolute atomic E-state index is 0.0867. The van der Waals surface area contributed by atoms with Gasteiger partial charge in [-0.15, -0.1) is 0 Å². The molecule has 202 valence electrons. The highest BCUT2D eigenvalue weighted by molar-refractivity contribution is 8.00. The Labute approximate surface area is 228 Å². The van der Waals surface area contributed by atoms with Gasteiger partial charge in [-0.05, 0) is 30.2 Å². The maximum atomic E-state index is 13.9. The fraction of sp³-hybridized carbons (Fsp3) is 0.222. The second-order valence-corrected chi connectivity index (χ2v) is 10.5. The first-order chi connectivity index (χ1) is 18.5. The lowest BCUT2D eigenvalue weighted by atomic mass is 10.1. The van der Waals surface area contributed by atoms with Gasteiger partial charge in [0, 0.05) is 12.1 Å². The Morgan fingerprint density at radius 3 is 2.44 bits per heavy atom. The van der Waals surface area contributed by atoms with E-state index < -0.39 is 39.5 Å². The minimum atomic E-state index is -4.87. The van der Waals surface area contributed by atoms with Gasteiger partial charge in [0.2, 0.25) is 0 Å². The fourth-order valence-electron chi connectivity index (χ4n) is 4.46. The lowest BCUT2D eigenvalue weighted by molar-refractivity contribution is -0.137. The summed E-state index contributed by atoms with van der Waals surface area (Å²) in [6, 6.07) is 16.2. The summed E-state index contributed by atoms with van der Waals surface area (Å²) in [6.07, 6.45) is -4.87. The van der Waals surface area contributed by atoms with E-state index in [0.717, 1.165) is 22.9 Å². The Hall–Kier alpha value is -3.54. The van der Waals surface area contributed by atoms with Gasteiger partial charge in [0.1, 0.15) is 5.44 Å². The molecule has 2 heterocycles. The van der Waals surface area contributed by atoms with Crippen LogP contribution in [0.15, 0.2) is 75.1 Å². The molecule has 0 spiro atoms. The molecule has 7 nitrogen and oxygen atoms in total. The SMILES string of the molecule is C[C@@H]([C@@H](OCc1ccccc1)Sc1c(Cl)c(C(F)(F)F)cc2c(=O)[nH]c(=O)[nH]c12)N1Cc2ccccc2C1=O. The fourth-order valence-corrected chi connectivity index (χ4v) is 6.06. The predicted octanol–water partition coefficient (Wildman–Crippen LogP) is 5.57. The smallest absolute Gasteiger partial charge is 0.360 e. The summed E-state index contributed by atoms with van der Waals surface area (Å²) in [5, 5.41) is -1.06. The number of aromatic amines is 2. The first-order valence-electron chi connectivity index (χ1n) is 11.8. The van der Waals surface area contributed by atoms with Crippen LogP contribution in [-0.2, 0) is 24.1 Å². The van der Waals surface area contributed by atoms with E-state index in [1.807, 2.05) is 47.4 Å². The predicted molar refractivity (Wildman–Crippen MR) is 142 cm³/mol. The number of amides is 1. The summed E-state index contributed by atoms with van der Waals surface area (Å²) in [6.45, 7) is 2.10. The number of nitrogens with one attached hydrogen (secondary N) is 2. The van der Waals surface area contributed by atoms with Crippen molar-refractivity contribution >= 4 is 40.2 Å². The second-order valence-electron chi connectivity index (χ2n) is 9.01. The van der Waals surface area contributed by atoms with Gasteiger partial charge < -0.3 is 14.6 Å². The van der Waals surface area contributed by atoms with Crippen LogP contribution in [0.5, 0.6) is 0 Å². The van der Waals surface area contributed by atoms with Crippen LogP contribution in [0.1, 0.15) is 34.0 Å². The van der Waals surface area contributed by atoms with Crippen molar-refractivity contribution in [2.75, 3.05) is 0 Å². The molecular formula is C27H21ClF3N3O4S. The van der Waals surface area contributed by atoms with Crippen molar-refractivity contribution in [3.8, 4) is 0 Å². The standard InChI is InChI=1S/C27H21ClF3N3O4S/c1-14(34-12-16-9-5-6-10-17(16)24(34)36)25(38-13-15-7-3-2-4-8-15)39-22-20(28)19(27(29,30)31)11-18-21(22)32-26(37)33-23(18)35/h2-11,14,25H,12-13H2,1H3,(H2,32,33,35,37)/t14-,25-/m0/s1. The molecule has 2 N–H and O–H groups in total. The van der Waals surface area contributed by atoms with Crippen molar-refractivity contribution < 1.29 is 22.7 Å². The number of hydrogen-bond acceptors (Lipinski definition) is 5. The number of halogens is 4. The lowest BCUT2D eigenvalue weighted by Crippen LogP contribution is -2.41. The molecule has 0 saturated heterocycles. The van der Waals surface area contributed by atoms with Gasteiger partial charge in [0.25, 0.3) is 11.5 Å². The van der Waals surface area contributed by atoms with Gasteiger partial charge in [-0.2, -0.15) is 13.2 Å². The van der Waals surface area contributed by atoms with Crippen molar-refractivity contribution in [3.05, 3.63) is 109 Å². The maximum absolute atomic E-state index is 13.9. The number of nitrogens with zero attached hydrogens (tertiary/aromatic N) is 1. The van der Waals surface area contributed by atoms with Crippen LogP contribution in [-0.4, -0.2) is 32.3 Å². The lowest BCUT2D eigenvalue weighted by Gasteiger charge is -2.32. The van der Waals surface area contributed by atoms with Gasteiger partial charge in [-0.25, -0.2) is 4.79 Å². The van der Waals surface area contributed by atoms with Crippen LogP contribution >= 0.6 is 23.4 Å². The normalized spacial score (nSPS) is 15.0. The number of H-pyrrole nitrogens is 2. The summed E-state index contributed by atoms with van der Waals surface area (Å²) >= 11 is 7.11. The average Bonchev–Trinajstić information content (AvgIpc) is 3.23. The van der Waals surface area contributed by atoms with Crippen molar-refractivity contribution in [2.24, 2.45) is 0 Å². The van der Waals surface area contributed by atoms with Gasteiger partial charge in [-0.1, -0.05) is 71.9 Å². The zero-order chi connectivity index (χ0) is 27.9. The van der Waals surface area contributed by atoms with Crippen LogP contribution in [0.4, 0.5) is 13.2 Å². The van der Waals surface area contributed by atoms with Crippen LogP contribution in [0.25, 0.3) is 10.9 Å². The molecule has 0 unspecified atom stereocenters. The summed E-state index contributed by atoms with van der Waals surface area (Å²) < 4.78 is 48.0. The number of ether oxygens (including phenoxy) is 1. The number of thioether (sulfide) groups is 1. The number of benzene rings is 3. The highest BCUT2D eigenvalue weighted by Gasteiger charge is 2.39. The zero-order valence-electron chi connectivity index (χ0n) is 20.3. The summed E-state index contributed by atoms with van der Waals surface area (Å²) in [7, 11) is 0. The van der Waals surface area contributed by atoms with E-state index in [9.17, 15) is 27.6 Å². The molecule has 12 heteroatoms. The largest absolute Gasteiger partial charge is 0.417 e. The number of alkyl halides is 3. The zero-order valence-corrected chi connectivity index (χ0v) is 21.9. The Morgan fingerprint density at radius 1 is 1.05 bits per heavy atom. The molecule has 5 rings (SSSR count). The number of carbonyl (C=O) groups excluding carboxylic acids is 1.